The van der Waals surface area contributed by atoms with Crippen molar-refractivity contribution >= 4 is 23.4 Å². The molecular formula is C54H61F2N3O9. The molecule has 0 saturated heterocycles. The summed E-state index contributed by atoms with van der Waals surface area (Å²) in [6.07, 6.45) is 11.1. The highest BCUT2D eigenvalue weighted by Gasteiger charge is 2.65. The van der Waals surface area contributed by atoms with Crippen LogP contribution in [0.25, 0.3) is 6.08 Å². The van der Waals surface area contributed by atoms with E-state index in [1.165, 1.54) is 36.4 Å². The Hall–Kier alpha value is -6.22. The number of amides is 1. The summed E-state index contributed by atoms with van der Waals surface area (Å²) >= 11 is 0. The van der Waals surface area contributed by atoms with Gasteiger partial charge in [-0.25, -0.2) is 8.78 Å². The summed E-state index contributed by atoms with van der Waals surface area (Å²) in [7, 11) is 0. The average Bonchev–Trinajstić information content (AvgIpc) is 3.32. The predicted octanol–water partition coefficient (Wildman–Crippen LogP) is 10.6. The number of nitro benzene ring substituents is 1. The molecule has 7 rings (SSSR count). The molecule has 68 heavy (non-hydrogen) atoms. The molecule has 12 nitrogen and oxygen atoms in total. The summed E-state index contributed by atoms with van der Waals surface area (Å²) in [5, 5.41) is 36.3. The number of benzene rings is 4. The lowest BCUT2D eigenvalue weighted by Gasteiger charge is -2.60. The summed E-state index contributed by atoms with van der Waals surface area (Å²) in [6, 6.07) is 22.9. The molecule has 3 aliphatic rings. The number of rotatable bonds is 21. The van der Waals surface area contributed by atoms with E-state index in [9.17, 15) is 29.1 Å². The van der Waals surface area contributed by atoms with Crippen molar-refractivity contribution in [3.05, 3.63) is 165 Å². The van der Waals surface area contributed by atoms with E-state index in [4.69, 9.17) is 24.2 Å². The summed E-state index contributed by atoms with van der Waals surface area (Å²) in [4.78, 5) is 34.0. The quantitative estimate of drug-likeness (QED) is 0.0273. The molecule has 2 N–H and O–H groups in total. The van der Waals surface area contributed by atoms with Crippen LogP contribution in [0.4, 0.5) is 14.5 Å². The van der Waals surface area contributed by atoms with Crippen LogP contribution in [0, 0.1) is 39.5 Å². The number of hydrogen-bond donors (Lipinski definition) is 2. The molecule has 1 saturated carbocycles. The van der Waals surface area contributed by atoms with Crippen molar-refractivity contribution < 1.29 is 47.8 Å². The van der Waals surface area contributed by atoms with Crippen molar-refractivity contribution in [2.45, 2.75) is 102 Å². The van der Waals surface area contributed by atoms with E-state index in [2.05, 4.69) is 12.7 Å². The van der Waals surface area contributed by atoms with Gasteiger partial charge in [0.2, 0.25) is 11.7 Å². The Morgan fingerprint density at radius 3 is 2.38 bits per heavy atom. The molecule has 4 aromatic carbocycles. The smallest absolute Gasteiger partial charge is 0.269 e. The molecule has 14 heteroatoms. The number of aliphatic hydroxyl groups is 2. The van der Waals surface area contributed by atoms with Crippen molar-refractivity contribution in [1.82, 2.24) is 4.90 Å². The van der Waals surface area contributed by atoms with Gasteiger partial charge in [-0.3, -0.25) is 14.9 Å². The van der Waals surface area contributed by atoms with E-state index < -0.39 is 40.0 Å². The van der Waals surface area contributed by atoms with Gasteiger partial charge in [-0.1, -0.05) is 60.5 Å². The van der Waals surface area contributed by atoms with E-state index in [-0.39, 0.29) is 68.7 Å². The van der Waals surface area contributed by atoms with Crippen molar-refractivity contribution in [2.75, 3.05) is 19.8 Å². The summed E-state index contributed by atoms with van der Waals surface area (Å²) in [5.41, 5.74) is 3.06. The molecule has 0 radical (unpaired) electrons. The van der Waals surface area contributed by atoms with E-state index >= 15 is 4.79 Å². The Morgan fingerprint density at radius 1 is 0.985 bits per heavy atom. The molecule has 0 aromatic heterocycles. The molecule has 1 heterocycles. The molecule has 6 atom stereocenters. The fraction of sp³-hybridized carbons (Fsp3) is 0.407. The predicted molar refractivity (Wildman–Crippen MR) is 256 cm³/mol. The molecule has 4 aromatic rings. The van der Waals surface area contributed by atoms with Crippen LogP contribution in [0.3, 0.4) is 0 Å². The van der Waals surface area contributed by atoms with E-state index in [1.807, 2.05) is 32.9 Å². The number of ether oxygens (including phenoxy) is 3. The number of halogens is 2. The molecule has 2 aliphatic carbocycles. The molecule has 6 unspecified atom stereocenters. The Labute approximate surface area is 396 Å². The molecule has 1 fully saturated rings. The van der Waals surface area contributed by atoms with Gasteiger partial charge >= 0.3 is 0 Å². The van der Waals surface area contributed by atoms with Crippen molar-refractivity contribution in [3.63, 3.8) is 0 Å². The number of fused-ring (bicyclic) bond motifs is 2. The zero-order chi connectivity index (χ0) is 48.4. The fourth-order valence-electron chi connectivity index (χ4n) is 9.81. The number of nitro groups is 1. The highest BCUT2D eigenvalue weighted by molar-refractivity contribution is 6.03. The zero-order valence-electron chi connectivity index (χ0n) is 38.9. The zero-order valence-corrected chi connectivity index (χ0v) is 38.9. The van der Waals surface area contributed by atoms with Crippen LogP contribution < -0.4 is 9.47 Å². The number of aliphatic hydroxyl groups excluding tert-OH is 2. The van der Waals surface area contributed by atoms with Crippen molar-refractivity contribution in [3.8, 4) is 11.5 Å². The van der Waals surface area contributed by atoms with E-state index in [0.717, 1.165) is 24.0 Å². The number of allylic oxidation sites excluding steroid dienone is 1. The normalized spacial score (nSPS) is 22.4. The third kappa shape index (κ3) is 11.5. The van der Waals surface area contributed by atoms with E-state index in [1.54, 1.807) is 65.6 Å². The number of unbranched alkanes of at least 4 members (excludes halogenated alkanes) is 2. The number of non-ortho nitro benzene ring substituents is 1. The summed E-state index contributed by atoms with van der Waals surface area (Å²) in [5.74, 6) is -2.95. The maximum absolute atomic E-state index is 15.1. The third-order valence-electron chi connectivity index (χ3n) is 12.9. The Bertz CT molecular complexity index is 2490. The van der Waals surface area contributed by atoms with Crippen LogP contribution in [0.5, 0.6) is 11.5 Å². The lowest BCUT2D eigenvalue weighted by molar-refractivity contribution is -0.384. The number of hydrogen-bond acceptors (Lipinski definition) is 10. The standard InChI is InChI=1S/C54H61F2N3O9/c1-5-30-66-54-49(58(34-37-16-21-40(55)22-17-37)50(62)27-20-36-18-23-41(24-19-36)59(63)64)33-47(57-68-53(2,3)4)44-31-38(12-8-10-28-60)43(14-9-11-29-61)51(52(44)54)45-32-42(25-26-48(45)67-54)65-35-39-13-6-7-15-46(39)56/h5-7,13,15-27,31-32,38,43,49,51-52,60-61H,1,8-12,14,28-30,33-35H2,2-4H3. The molecular weight excluding hydrogens is 873 g/mol. The monoisotopic (exact) mass is 933 g/mol. The van der Waals surface area contributed by atoms with Gasteiger partial charge in [0.1, 0.15) is 41.4 Å². The largest absolute Gasteiger partial charge is 0.489 e. The minimum Gasteiger partial charge on any atom is -0.489 e. The second-order valence-electron chi connectivity index (χ2n) is 18.6. The minimum atomic E-state index is -1.60. The SMILES string of the molecule is C=CCOC12Oc3ccc(OCc4ccccc4F)cc3C3C(CCCCO)C(CCCCO)C=C(C(=NOC(C)(C)C)CC1N(Cc1ccc(F)cc1)C(=O)C=Cc1ccc([N+](=O)[O-])cc1)C32. The molecule has 0 bridgehead atoms. The van der Waals surface area contributed by atoms with Gasteiger partial charge in [-0.05, 0) is 130 Å². The topological polar surface area (TPSA) is 153 Å². The molecule has 1 aliphatic heterocycles. The second-order valence-corrected chi connectivity index (χ2v) is 18.6. The first-order valence-electron chi connectivity index (χ1n) is 23.4. The lowest BCUT2D eigenvalue weighted by atomic mass is 9.55. The van der Waals surface area contributed by atoms with Gasteiger partial charge in [-0.2, -0.15) is 0 Å². The summed E-state index contributed by atoms with van der Waals surface area (Å²) in [6.45, 7) is 9.80. The number of oxime groups is 1. The van der Waals surface area contributed by atoms with Crippen LogP contribution in [0.15, 0.2) is 127 Å². The van der Waals surface area contributed by atoms with Gasteiger partial charge in [0.25, 0.3) is 5.69 Å². The van der Waals surface area contributed by atoms with Crippen LogP contribution in [-0.2, 0) is 27.5 Å². The molecule has 0 spiro atoms. The van der Waals surface area contributed by atoms with Gasteiger partial charge in [0.05, 0.1) is 23.2 Å². The Kier molecular flexibility index (Phi) is 16.3. The number of nitrogens with zero attached hydrogens (tertiary/aromatic N) is 3. The van der Waals surface area contributed by atoms with Crippen LogP contribution in [-0.4, -0.2) is 68.9 Å². The lowest BCUT2D eigenvalue weighted by Crippen LogP contribution is -2.70. The van der Waals surface area contributed by atoms with Gasteiger partial charge < -0.3 is 34.2 Å². The van der Waals surface area contributed by atoms with Crippen molar-refractivity contribution in [1.29, 1.82) is 0 Å². The van der Waals surface area contributed by atoms with Gasteiger partial charge in [0.15, 0.2) is 0 Å². The maximum atomic E-state index is 15.1. The minimum absolute atomic E-state index is 0.000175. The van der Waals surface area contributed by atoms with Crippen LogP contribution in [0.1, 0.15) is 93.9 Å². The molecule has 360 valence electrons. The van der Waals surface area contributed by atoms with Gasteiger partial charge in [0, 0.05) is 61.4 Å². The van der Waals surface area contributed by atoms with Crippen molar-refractivity contribution in [2.24, 2.45) is 22.9 Å². The first-order valence-corrected chi connectivity index (χ1v) is 23.4. The number of carbonyl (C=O) groups excluding carboxylic acids is 1. The summed E-state index contributed by atoms with van der Waals surface area (Å²) < 4.78 is 50.1. The highest BCUT2D eigenvalue weighted by atomic mass is 19.1. The average molecular weight is 934 g/mol. The van der Waals surface area contributed by atoms with Crippen LogP contribution in [0.2, 0.25) is 0 Å². The Morgan fingerprint density at radius 2 is 1.71 bits per heavy atom. The Balaban J connectivity index is 1.45. The maximum Gasteiger partial charge on any atom is 0.269 e. The highest BCUT2D eigenvalue weighted by Crippen LogP contribution is 2.62. The first kappa shape index (κ1) is 49.7. The van der Waals surface area contributed by atoms with Gasteiger partial charge in [-0.15, -0.1) is 6.58 Å². The second kappa shape index (κ2) is 22.3. The third-order valence-corrected chi connectivity index (χ3v) is 12.9. The van der Waals surface area contributed by atoms with E-state index in [0.29, 0.717) is 59.6 Å². The molecule has 1 amide bonds. The number of carbonyl (C=O) groups is 1. The fourth-order valence-corrected chi connectivity index (χ4v) is 9.81. The first-order chi connectivity index (χ1) is 32.7. The van der Waals surface area contributed by atoms with Crippen LogP contribution >= 0.6 is 0 Å².